The van der Waals surface area contributed by atoms with Crippen LogP contribution in [0, 0.1) is 13.8 Å². The maximum Gasteiger partial charge on any atom is 0.303 e. The monoisotopic (exact) mass is 250 g/mol. The summed E-state index contributed by atoms with van der Waals surface area (Å²) in [5.41, 5.74) is 2.14. The fourth-order valence-electron chi connectivity index (χ4n) is 1.69. The topological polar surface area (TPSA) is 70.5 Å². The molecule has 0 saturated carbocycles. The number of hydrogen-bond acceptors (Lipinski definition) is 3. The molecule has 18 heavy (non-hydrogen) atoms. The zero-order valence-electron chi connectivity index (χ0n) is 10.9. The molecule has 1 heterocycles. The Labute approximate surface area is 106 Å². The Balaban J connectivity index is 2.65. The van der Waals surface area contributed by atoms with Crippen molar-refractivity contribution >= 4 is 11.9 Å². The fourth-order valence-corrected chi connectivity index (χ4v) is 1.69. The normalized spacial score (nSPS) is 10.2. The van der Waals surface area contributed by atoms with Crippen LogP contribution < -0.4 is 0 Å². The summed E-state index contributed by atoms with van der Waals surface area (Å²) in [6.45, 7) is 4.10. The molecule has 0 saturated heterocycles. The Hall–Kier alpha value is -1.91. The number of aryl methyl sites for hydroxylation is 2. The molecule has 0 bridgehead atoms. The third kappa shape index (κ3) is 3.84. The van der Waals surface area contributed by atoms with Gasteiger partial charge in [0.25, 0.3) is 5.91 Å². The lowest BCUT2D eigenvalue weighted by Crippen LogP contribution is -2.29. The molecule has 0 atom stereocenters. The van der Waals surface area contributed by atoms with Crippen molar-refractivity contribution in [3.8, 4) is 0 Å². The van der Waals surface area contributed by atoms with Crippen molar-refractivity contribution in [3.63, 3.8) is 0 Å². The molecule has 1 amide bonds. The molecular weight excluding hydrogens is 232 g/mol. The van der Waals surface area contributed by atoms with E-state index in [9.17, 15) is 9.59 Å². The summed E-state index contributed by atoms with van der Waals surface area (Å²) in [6, 6.07) is 3.55. The maximum atomic E-state index is 12.1. The smallest absolute Gasteiger partial charge is 0.303 e. The number of carbonyl (C=O) groups is 2. The van der Waals surface area contributed by atoms with E-state index in [4.69, 9.17) is 5.11 Å². The Morgan fingerprint density at radius 1 is 1.33 bits per heavy atom. The third-order valence-electron chi connectivity index (χ3n) is 2.69. The molecule has 1 rings (SSSR count). The summed E-state index contributed by atoms with van der Waals surface area (Å²) < 4.78 is 0. The summed E-state index contributed by atoms with van der Waals surface area (Å²) in [7, 11) is 1.67. The first-order valence-electron chi connectivity index (χ1n) is 5.83. The minimum atomic E-state index is -0.843. The highest BCUT2D eigenvalue weighted by Crippen LogP contribution is 2.09. The minimum Gasteiger partial charge on any atom is -0.481 e. The number of carboxylic acid groups (broad SMARTS) is 1. The lowest BCUT2D eigenvalue weighted by atomic mass is 10.1. The van der Waals surface area contributed by atoms with E-state index in [1.54, 1.807) is 26.1 Å². The van der Waals surface area contributed by atoms with Crippen LogP contribution in [0.1, 0.15) is 34.6 Å². The maximum absolute atomic E-state index is 12.1. The molecule has 0 fully saturated rings. The molecular formula is C13H18N2O3. The Kier molecular flexibility index (Phi) is 4.83. The van der Waals surface area contributed by atoms with Crippen molar-refractivity contribution in [1.82, 2.24) is 9.88 Å². The van der Waals surface area contributed by atoms with Crippen LogP contribution >= 0.6 is 0 Å². The largest absolute Gasteiger partial charge is 0.481 e. The highest BCUT2D eigenvalue weighted by Gasteiger charge is 2.14. The molecule has 0 aromatic carbocycles. The van der Waals surface area contributed by atoms with E-state index in [-0.39, 0.29) is 12.3 Å². The van der Waals surface area contributed by atoms with Gasteiger partial charge >= 0.3 is 5.97 Å². The zero-order valence-corrected chi connectivity index (χ0v) is 10.9. The molecule has 0 unspecified atom stereocenters. The van der Waals surface area contributed by atoms with E-state index in [0.717, 1.165) is 5.69 Å². The van der Waals surface area contributed by atoms with Crippen molar-refractivity contribution < 1.29 is 14.7 Å². The Bertz CT molecular complexity index is 458. The van der Waals surface area contributed by atoms with Gasteiger partial charge in [0, 0.05) is 25.7 Å². The molecule has 5 heteroatoms. The van der Waals surface area contributed by atoms with E-state index in [2.05, 4.69) is 4.98 Å². The molecule has 0 aliphatic rings. The van der Waals surface area contributed by atoms with Crippen LogP contribution in [0.4, 0.5) is 0 Å². The lowest BCUT2D eigenvalue weighted by Gasteiger charge is -2.17. The van der Waals surface area contributed by atoms with Crippen molar-refractivity contribution in [2.75, 3.05) is 13.6 Å². The molecule has 98 valence electrons. The van der Waals surface area contributed by atoms with Gasteiger partial charge in [0.1, 0.15) is 0 Å². The highest BCUT2D eigenvalue weighted by molar-refractivity contribution is 5.95. The Morgan fingerprint density at radius 2 is 2.00 bits per heavy atom. The van der Waals surface area contributed by atoms with Gasteiger partial charge in [0.15, 0.2) is 0 Å². The first kappa shape index (κ1) is 14.2. The van der Waals surface area contributed by atoms with Gasteiger partial charge in [-0.05, 0) is 32.4 Å². The number of aromatic nitrogens is 1. The van der Waals surface area contributed by atoms with E-state index >= 15 is 0 Å². The minimum absolute atomic E-state index is 0.0722. The van der Waals surface area contributed by atoms with Crippen LogP contribution in [0.5, 0.6) is 0 Å². The van der Waals surface area contributed by atoms with Crippen LogP contribution in [0.3, 0.4) is 0 Å². The van der Waals surface area contributed by atoms with Crippen molar-refractivity contribution in [2.45, 2.75) is 26.7 Å². The number of carboxylic acids is 1. The van der Waals surface area contributed by atoms with Gasteiger partial charge < -0.3 is 10.0 Å². The summed E-state index contributed by atoms with van der Waals surface area (Å²) in [5, 5.41) is 8.54. The number of amides is 1. The second kappa shape index (κ2) is 6.14. The van der Waals surface area contributed by atoms with E-state index in [0.29, 0.717) is 24.2 Å². The molecule has 0 radical (unpaired) electrons. The van der Waals surface area contributed by atoms with Gasteiger partial charge in [-0.1, -0.05) is 0 Å². The van der Waals surface area contributed by atoms with Gasteiger partial charge in [0.05, 0.1) is 11.3 Å². The second-order valence-corrected chi connectivity index (χ2v) is 4.31. The van der Waals surface area contributed by atoms with Gasteiger partial charge in [-0.3, -0.25) is 14.6 Å². The van der Waals surface area contributed by atoms with Crippen LogP contribution in [0.15, 0.2) is 12.1 Å². The standard InChI is InChI=1S/C13H18N2O3/c1-9-6-7-11(10(2)14-9)13(18)15(3)8-4-5-12(16)17/h6-7H,4-5,8H2,1-3H3,(H,16,17). The number of rotatable bonds is 5. The summed E-state index contributed by atoms with van der Waals surface area (Å²) in [4.78, 5) is 28.3. The lowest BCUT2D eigenvalue weighted by molar-refractivity contribution is -0.137. The van der Waals surface area contributed by atoms with Crippen molar-refractivity contribution in [1.29, 1.82) is 0 Å². The third-order valence-corrected chi connectivity index (χ3v) is 2.69. The highest BCUT2D eigenvalue weighted by atomic mass is 16.4. The van der Waals surface area contributed by atoms with Gasteiger partial charge in [0.2, 0.25) is 0 Å². The number of pyridine rings is 1. The van der Waals surface area contributed by atoms with Gasteiger partial charge in [-0.15, -0.1) is 0 Å². The number of aliphatic carboxylic acids is 1. The molecule has 1 aromatic rings. The van der Waals surface area contributed by atoms with Crippen molar-refractivity contribution in [3.05, 3.63) is 29.1 Å². The van der Waals surface area contributed by atoms with E-state index in [1.165, 1.54) is 4.90 Å². The molecule has 5 nitrogen and oxygen atoms in total. The summed E-state index contributed by atoms with van der Waals surface area (Å²) >= 11 is 0. The van der Waals surface area contributed by atoms with E-state index in [1.807, 2.05) is 6.92 Å². The van der Waals surface area contributed by atoms with Crippen LogP contribution in [-0.2, 0) is 4.79 Å². The summed E-state index contributed by atoms with van der Waals surface area (Å²) in [5.74, 6) is -0.963. The van der Waals surface area contributed by atoms with E-state index < -0.39 is 5.97 Å². The van der Waals surface area contributed by atoms with Crippen LogP contribution in [0.25, 0.3) is 0 Å². The first-order chi connectivity index (χ1) is 8.41. The fraction of sp³-hybridized carbons (Fsp3) is 0.462. The van der Waals surface area contributed by atoms with Crippen LogP contribution in [0.2, 0.25) is 0 Å². The molecule has 0 aliphatic heterocycles. The SMILES string of the molecule is Cc1ccc(C(=O)N(C)CCCC(=O)O)c(C)n1. The molecule has 0 aliphatic carbocycles. The summed E-state index contributed by atoms with van der Waals surface area (Å²) in [6.07, 6.45) is 0.526. The van der Waals surface area contributed by atoms with Gasteiger partial charge in [-0.2, -0.15) is 0 Å². The Morgan fingerprint density at radius 3 is 2.56 bits per heavy atom. The zero-order chi connectivity index (χ0) is 13.7. The number of hydrogen-bond donors (Lipinski definition) is 1. The van der Waals surface area contributed by atoms with Gasteiger partial charge in [-0.25, -0.2) is 0 Å². The molecule has 0 spiro atoms. The predicted molar refractivity (Wildman–Crippen MR) is 67.5 cm³/mol. The predicted octanol–water partition coefficient (Wildman–Crippen LogP) is 1.64. The molecule has 1 aromatic heterocycles. The number of carbonyl (C=O) groups excluding carboxylic acids is 1. The molecule has 1 N–H and O–H groups in total. The average Bonchev–Trinajstić information content (AvgIpc) is 2.27. The first-order valence-corrected chi connectivity index (χ1v) is 5.83. The average molecular weight is 250 g/mol. The van der Waals surface area contributed by atoms with Crippen LogP contribution in [-0.4, -0.2) is 40.5 Å². The second-order valence-electron chi connectivity index (χ2n) is 4.31. The quantitative estimate of drug-likeness (QED) is 0.862. The van der Waals surface area contributed by atoms with Crippen molar-refractivity contribution in [2.24, 2.45) is 0 Å². The number of nitrogens with zero attached hydrogens (tertiary/aromatic N) is 2.